The van der Waals surface area contributed by atoms with Gasteiger partial charge >= 0.3 is 5.92 Å². The van der Waals surface area contributed by atoms with Crippen LogP contribution < -0.4 is 16.6 Å². The summed E-state index contributed by atoms with van der Waals surface area (Å²) in [6.45, 7) is 17.8. The molecular weight excluding hydrogens is 600 g/mol. The minimum atomic E-state index is -4.94. The second-order valence-corrected chi connectivity index (χ2v) is 13.2. The highest BCUT2D eigenvalue weighted by molar-refractivity contribution is 5.79. The number of carbonyl (C=O) groups is 1. The molecule has 9 N–H and O–H groups in total. The lowest BCUT2D eigenvalue weighted by Crippen LogP contribution is -2.79. The Morgan fingerprint density at radius 1 is 1.04 bits per heavy atom. The van der Waals surface area contributed by atoms with E-state index >= 15 is 0 Å². The molecule has 1 aliphatic carbocycles. The van der Waals surface area contributed by atoms with Crippen LogP contribution in [0.3, 0.4) is 0 Å². The monoisotopic (exact) mass is 655 g/mol. The fourth-order valence-corrected chi connectivity index (χ4v) is 8.07. The number of hydrogen-bond donors (Lipinski definition) is 8. The molecule has 3 aliphatic heterocycles. The highest BCUT2D eigenvalue weighted by atomic mass is 19.3. The summed E-state index contributed by atoms with van der Waals surface area (Å²) < 4.78 is 27.0. The number of nitrogens with two attached hydrogens (primary N) is 1. The summed E-state index contributed by atoms with van der Waals surface area (Å²) >= 11 is 0. The van der Waals surface area contributed by atoms with Crippen molar-refractivity contribution in [3.8, 4) is 0 Å². The Kier molecular flexibility index (Phi) is 12.2. The van der Waals surface area contributed by atoms with Gasteiger partial charge in [-0.2, -0.15) is 8.78 Å². The summed E-state index contributed by atoms with van der Waals surface area (Å²) in [6, 6.07) is 13.0. The summed E-state index contributed by atoms with van der Waals surface area (Å²) in [7, 11) is 0. The maximum Gasteiger partial charge on any atom is 0.355 e. The van der Waals surface area contributed by atoms with Gasteiger partial charge in [-0.05, 0) is 57.6 Å². The molecule has 1 aromatic carbocycles. The van der Waals surface area contributed by atoms with Gasteiger partial charge in [-0.15, -0.1) is 6.58 Å². The van der Waals surface area contributed by atoms with Crippen molar-refractivity contribution in [3.63, 3.8) is 0 Å². The van der Waals surface area contributed by atoms with Gasteiger partial charge in [-0.3, -0.25) is 14.6 Å². The van der Waals surface area contributed by atoms with Crippen LogP contribution in [0.25, 0.3) is 0 Å². The number of rotatable bonds is 6. The third-order valence-electron chi connectivity index (χ3n) is 10.3. The van der Waals surface area contributed by atoms with Crippen LogP contribution in [0.15, 0.2) is 43.0 Å². The predicted octanol–water partition coefficient (Wildman–Crippen LogP) is 1.64. The van der Waals surface area contributed by atoms with Crippen LogP contribution in [0, 0.1) is 17.8 Å². The maximum atomic E-state index is 13.5. The number of carbonyl (C=O) groups excluding carboxylic acids is 1. The molecule has 0 radical (unpaired) electrons. The lowest BCUT2D eigenvalue weighted by atomic mass is 9.66. The summed E-state index contributed by atoms with van der Waals surface area (Å²) in [4.78, 5) is 16.6. The smallest absolute Gasteiger partial charge is 0.355 e. The zero-order valence-electron chi connectivity index (χ0n) is 27.9. The van der Waals surface area contributed by atoms with Gasteiger partial charge < -0.3 is 31.3 Å². The zero-order chi connectivity index (χ0) is 34.8. The van der Waals surface area contributed by atoms with Gasteiger partial charge in [0.25, 0.3) is 5.79 Å². The quantitative estimate of drug-likeness (QED) is 0.166. The third kappa shape index (κ3) is 6.76. The van der Waals surface area contributed by atoms with Crippen LogP contribution in [0.2, 0.25) is 0 Å². The Morgan fingerprint density at radius 2 is 1.65 bits per heavy atom. The Morgan fingerprint density at radius 3 is 2.22 bits per heavy atom. The lowest BCUT2D eigenvalue weighted by molar-refractivity contribution is -0.457. The molecule has 9 unspecified atom stereocenters. The standard InChI is InChI=1S/C22H36N4.C9H13F2NO6.C2H6/c1-15-13-20-14-16(2)26-18(4)23-24-22(26)17(3)21(15)25(20)12-8-11-19-9-6-5-7-10-19;1-2-6(14)4(5(12)13)3-7(15,16)8(10,11)9(6,17)18;1-2/h5-7,9-10,15-18,20-24H,8,11-14H2,1-4H3;2,4,14-18H,1,3H2,(H2,12,13);1-2H3. The first-order valence-corrected chi connectivity index (χ1v) is 16.4. The Bertz CT molecular complexity index is 1180. The van der Waals surface area contributed by atoms with Crippen LogP contribution in [-0.4, -0.2) is 101 Å². The Hall–Kier alpha value is -2.07. The van der Waals surface area contributed by atoms with Gasteiger partial charge in [0.2, 0.25) is 11.7 Å². The minimum Gasteiger partial charge on any atom is -0.379 e. The number of hydrogen-bond acceptors (Lipinski definition) is 10. The number of aryl methyl sites for hydroxylation is 1. The molecule has 0 spiro atoms. The number of alkyl halides is 2. The molecule has 1 saturated carbocycles. The molecule has 13 heteroatoms. The van der Waals surface area contributed by atoms with E-state index < -0.39 is 41.3 Å². The van der Waals surface area contributed by atoms with Crippen LogP contribution in [-0.2, 0) is 11.2 Å². The topological polar surface area (TPSA) is 175 Å². The van der Waals surface area contributed by atoms with E-state index in [1.54, 1.807) is 0 Å². The van der Waals surface area contributed by atoms with Gasteiger partial charge in [-0.25, -0.2) is 10.9 Å². The highest BCUT2D eigenvalue weighted by Gasteiger charge is 2.79. The molecule has 0 aromatic heterocycles. The number of hydrazine groups is 1. The summed E-state index contributed by atoms with van der Waals surface area (Å²) in [5.74, 6) is -15.3. The van der Waals surface area contributed by atoms with Gasteiger partial charge in [0.05, 0.1) is 18.2 Å². The second-order valence-electron chi connectivity index (χ2n) is 13.2. The van der Waals surface area contributed by atoms with E-state index in [9.17, 15) is 28.9 Å². The Labute approximate surface area is 271 Å². The lowest BCUT2D eigenvalue weighted by Gasteiger charge is -2.53. The molecule has 11 nitrogen and oxygen atoms in total. The SMILES string of the molecule is C=CC1(O)C(C(N)=O)CC(O)(O)C(F)(F)C1(O)O.CC.CC1CC2CC(C)N3C(C)NNC3C(C)C1N2CCCc1ccccc1. The van der Waals surface area contributed by atoms with E-state index in [4.69, 9.17) is 15.9 Å². The van der Waals surface area contributed by atoms with Gasteiger partial charge in [0.15, 0.2) is 5.60 Å². The fourth-order valence-electron chi connectivity index (χ4n) is 8.07. The van der Waals surface area contributed by atoms with E-state index in [0.29, 0.717) is 36.4 Å². The van der Waals surface area contributed by atoms with Crippen LogP contribution in [0.4, 0.5) is 8.78 Å². The van der Waals surface area contributed by atoms with Crippen LogP contribution in [0.1, 0.15) is 72.8 Å². The largest absolute Gasteiger partial charge is 0.379 e. The molecule has 3 heterocycles. The number of aliphatic hydroxyl groups is 5. The van der Waals surface area contributed by atoms with E-state index in [1.807, 2.05) is 13.8 Å². The highest BCUT2D eigenvalue weighted by Crippen LogP contribution is 2.53. The number of nitrogens with zero attached hydrogens (tertiary/aromatic N) is 2. The molecule has 4 fully saturated rings. The number of primary amides is 1. The van der Waals surface area contributed by atoms with E-state index in [-0.39, 0.29) is 0 Å². The van der Waals surface area contributed by atoms with Crippen LogP contribution >= 0.6 is 0 Å². The Balaban J connectivity index is 0.000000254. The minimum absolute atomic E-state index is 0.297. The predicted molar refractivity (Wildman–Crippen MR) is 171 cm³/mol. The maximum absolute atomic E-state index is 13.5. The molecule has 2 bridgehead atoms. The first kappa shape index (κ1) is 38.4. The summed E-state index contributed by atoms with van der Waals surface area (Å²) in [6.07, 6.45) is 4.91. The molecule has 9 atom stereocenters. The van der Waals surface area contributed by atoms with Gasteiger partial charge in [-0.1, -0.05) is 64.1 Å². The zero-order valence-corrected chi connectivity index (χ0v) is 27.9. The van der Waals surface area contributed by atoms with Crippen molar-refractivity contribution in [1.82, 2.24) is 20.7 Å². The van der Waals surface area contributed by atoms with Crippen molar-refractivity contribution in [2.45, 2.75) is 127 Å². The van der Waals surface area contributed by atoms with Crippen molar-refractivity contribution >= 4 is 5.91 Å². The number of halogens is 2. The molecule has 5 rings (SSSR count). The molecule has 262 valence electrons. The summed E-state index contributed by atoms with van der Waals surface area (Å²) in [5, 5.41) is 46.7. The number of benzene rings is 1. The first-order valence-electron chi connectivity index (χ1n) is 16.4. The second kappa shape index (κ2) is 14.6. The van der Waals surface area contributed by atoms with E-state index in [2.05, 4.69) is 85.3 Å². The van der Waals surface area contributed by atoms with E-state index in [1.165, 1.54) is 37.8 Å². The van der Waals surface area contributed by atoms with Crippen molar-refractivity contribution in [1.29, 1.82) is 0 Å². The van der Waals surface area contributed by atoms with Crippen molar-refractivity contribution in [2.75, 3.05) is 6.54 Å². The molecule has 1 amide bonds. The summed E-state index contributed by atoms with van der Waals surface area (Å²) in [5.41, 5.74) is 10.2. The van der Waals surface area contributed by atoms with Crippen molar-refractivity contribution in [2.24, 2.45) is 23.5 Å². The molecular formula is C33H55F2N5O6. The number of nitrogens with one attached hydrogen (secondary N) is 2. The molecule has 1 aromatic rings. The van der Waals surface area contributed by atoms with Crippen molar-refractivity contribution in [3.05, 3.63) is 48.6 Å². The normalized spacial score (nSPS) is 37.8. The number of fused-ring (bicyclic) bond motifs is 3. The third-order valence-corrected chi connectivity index (χ3v) is 10.3. The molecule has 4 aliphatic rings. The van der Waals surface area contributed by atoms with Gasteiger partial charge in [0, 0.05) is 30.5 Å². The van der Waals surface area contributed by atoms with Crippen molar-refractivity contribution < 1.29 is 39.1 Å². The average Bonchev–Trinajstić information content (AvgIpc) is 3.55. The van der Waals surface area contributed by atoms with Crippen LogP contribution in [0.5, 0.6) is 0 Å². The molecule has 3 saturated heterocycles. The average molecular weight is 656 g/mol. The molecule has 46 heavy (non-hydrogen) atoms. The van der Waals surface area contributed by atoms with E-state index in [0.717, 1.165) is 12.0 Å². The fraction of sp³-hybridized carbons (Fsp3) is 0.727. The van der Waals surface area contributed by atoms with Gasteiger partial charge in [0.1, 0.15) is 0 Å². The number of amides is 1. The first-order chi connectivity index (χ1) is 21.4.